The molecule has 0 saturated carbocycles. The van der Waals surface area contributed by atoms with E-state index in [4.69, 9.17) is 14.0 Å². The molecule has 0 bridgehead atoms. The third kappa shape index (κ3) is 18.6. The summed E-state index contributed by atoms with van der Waals surface area (Å²) in [4.78, 5) is 4.54. The van der Waals surface area contributed by atoms with Crippen molar-refractivity contribution < 1.29 is 31.3 Å². The standard InChI is InChI=1S/C13H19N.3CO.Cr/c1-11(14-10-13(2,3)4)12-8-6-5-7-9-12;3*1-2;/h5-11H,1-4H3;;;;/t11-;;;;/m0..../s1. The molecule has 0 amide bonds. The second kappa shape index (κ2) is 18.6. The van der Waals surface area contributed by atoms with Crippen LogP contribution in [-0.2, 0) is 31.3 Å². The molecule has 0 spiro atoms. The molecule has 0 unspecified atom stereocenters. The molecule has 1 aromatic carbocycles. The van der Waals surface area contributed by atoms with Crippen molar-refractivity contribution in [2.75, 3.05) is 0 Å². The van der Waals surface area contributed by atoms with Gasteiger partial charge in [-0.05, 0) is 17.9 Å². The molecule has 1 rings (SSSR count). The van der Waals surface area contributed by atoms with Crippen LogP contribution in [0.15, 0.2) is 35.3 Å². The van der Waals surface area contributed by atoms with Crippen molar-refractivity contribution in [3.63, 3.8) is 0 Å². The van der Waals surface area contributed by atoms with Gasteiger partial charge in [0.2, 0.25) is 0 Å². The Morgan fingerprint density at radius 3 is 1.67 bits per heavy atom. The van der Waals surface area contributed by atoms with E-state index in [1.54, 1.807) is 0 Å². The van der Waals surface area contributed by atoms with Crippen molar-refractivity contribution in [1.29, 1.82) is 0 Å². The first-order valence-corrected chi connectivity index (χ1v) is 5.69. The third-order valence-corrected chi connectivity index (χ3v) is 1.97. The average molecular weight is 325 g/mol. The van der Waals surface area contributed by atoms with Crippen LogP contribution in [0.5, 0.6) is 0 Å². The largest absolute Gasteiger partial charge is 0 e. The molecule has 1 atom stereocenters. The van der Waals surface area contributed by atoms with E-state index < -0.39 is 0 Å². The SMILES string of the molecule is C[C@H](N=CC(C)(C)C)c1ccccc1.[C-]#[O+].[C-]#[O+].[C-]#[O+].[Cr]. The summed E-state index contributed by atoms with van der Waals surface area (Å²) in [6.45, 7) is 22.1. The van der Waals surface area contributed by atoms with Crippen LogP contribution in [0.1, 0.15) is 39.3 Å². The summed E-state index contributed by atoms with van der Waals surface area (Å²) in [5.41, 5.74) is 1.44. The molecule has 21 heavy (non-hydrogen) atoms. The van der Waals surface area contributed by atoms with E-state index in [-0.39, 0.29) is 28.8 Å². The van der Waals surface area contributed by atoms with Gasteiger partial charge in [0.05, 0.1) is 6.04 Å². The molecule has 0 aliphatic carbocycles. The van der Waals surface area contributed by atoms with Gasteiger partial charge in [0.1, 0.15) is 0 Å². The van der Waals surface area contributed by atoms with E-state index in [1.807, 2.05) is 12.3 Å². The van der Waals surface area contributed by atoms with Gasteiger partial charge in [-0.25, -0.2) is 0 Å². The van der Waals surface area contributed by atoms with Crippen LogP contribution in [0.4, 0.5) is 0 Å². The van der Waals surface area contributed by atoms with Gasteiger partial charge in [-0.1, -0.05) is 51.1 Å². The van der Waals surface area contributed by atoms with Crippen molar-refractivity contribution in [3.05, 3.63) is 55.8 Å². The van der Waals surface area contributed by atoms with Crippen molar-refractivity contribution in [2.24, 2.45) is 10.4 Å². The normalized spacial score (nSPS) is 10.0. The van der Waals surface area contributed by atoms with E-state index in [2.05, 4.69) is 76.9 Å². The van der Waals surface area contributed by atoms with Crippen molar-refractivity contribution in [3.8, 4) is 0 Å². The molecule has 0 fully saturated rings. The predicted molar refractivity (Wildman–Crippen MR) is 74.6 cm³/mol. The van der Waals surface area contributed by atoms with Gasteiger partial charge in [-0.15, -0.1) is 0 Å². The van der Waals surface area contributed by atoms with E-state index in [0.717, 1.165) is 0 Å². The van der Waals surface area contributed by atoms with Gasteiger partial charge < -0.3 is 0 Å². The van der Waals surface area contributed by atoms with Gasteiger partial charge in [0, 0.05) is 23.6 Å². The Kier molecular flexibility index (Phi) is 24.8. The molecule has 112 valence electrons. The van der Waals surface area contributed by atoms with Gasteiger partial charge in [0.25, 0.3) is 0 Å². The number of rotatable bonds is 2. The molecule has 4 nitrogen and oxygen atoms in total. The van der Waals surface area contributed by atoms with Gasteiger partial charge >= 0.3 is 33.9 Å². The zero-order chi connectivity index (χ0) is 16.6. The number of nitrogens with zero attached hydrogens (tertiary/aromatic N) is 1. The molecule has 1 aromatic rings. The van der Waals surface area contributed by atoms with Crippen LogP contribution in [0.25, 0.3) is 0 Å². The van der Waals surface area contributed by atoms with E-state index in [1.165, 1.54) is 5.56 Å². The summed E-state index contributed by atoms with van der Waals surface area (Å²) in [6, 6.07) is 10.6. The van der Waals surface area contributed by atoms with Gasteiger partial charge in [-0.3, -0.25) is 4.99 Å². The summed E-state index contributed by atoms with van der Waals surface area (Å²) in [7, 11) is 0. The van der Waals surface area contributed by atoms with E-state index in [9.17, 15) is 0 Å². The second-order valence-corrected chi connectivity index (χ2v) is 4.73. The summed E-state index contributed by atoms with van der Waals surface area (Å²) < 4.78 is 22.5. The number of benzene rings is 1. The zero-order valence-corrected chi connectivity index (χ0v) is 13.9. The zero-order valence-electron chi connectivity index (χ0n) is 12.6. The summed E-state index contributed by atoms with van der Waals surface area (Å²) in [6.07, 6.45) is 2.03. The maximum absolute atomic E-state index is 7.50. The molecule has 0 radical (unpaired) electrons. The Morgan fingerprint density at radius 2 is 1.33 bits per heavy atom. The van der Waals surface area contributed by atoms with Gasteiger partial charge in [-0.2, -0.15) is 0 Å². The first-order valence-electron chi connectivity index (χ1n) is 5.69. The fourth-order valence-electron chi connectivity index (χ4n) is 1.15. The van der Waals surface area contributed by atoms with E-state index >= 15 is 0 Å². The van der Waals surface area contributed by atoms with Crippen molar-refractivity contribution in [1.82, 2.24) is 0 Å². The predicted octanol–water partition coefficient (Wildman–Crippen LogP) is 3.75. The fourth-order valence-corrected chi connectivity index (χ4v) is 1.15. The Bertz CT molecular complexity index is 402. The maximum Gasteiger partial charge on any atom is 0 e. The fraction of sp³-hybridized carbons (Fsp3) is 0.375. The van der Waals surface area contributed by atoms with Crippen LogP contribution in [-0.4, -0.2) is 6.21 Å². The molecular formula is C16H19CrNO3. The summed E-state index contributed by atoms with van der Waals surface area (Å²) in [5, 5.41) is 0. The molecule has 0 saturated heterocycles. The molecule has 0 aliphatic rings. The first-order chi connectivity index (χ1) is 9.49. The smallest absolute Gasteiger partial charge is 0 e. The third-order valence-electron chi connectivity index (χ3n) is 1.97. The monoisotopic (exact) mass is 325 g/mol. The Labute approximate surface area is 138 Å². The first kappa shape index (κ1) is 27.9. The maximum atomic E-state index is 7.50. The second-order valence-electron chi connectivity index (χ2n) is 4.73. The van der Waals surface area contributed by atoms with Crippen LogP contribution in [0.2, 0.25) is 0 Å². The minimum atomic E-state index is 0. The molecule has 5 heteroatoms. The minimum Gasteiger partial charge on any atom is 0 e. The average Bonchev–Trinajstić information content (AvgIpc) is 2.51. The number of hydrogen-bond donors (Lipinski definition) is 0. The summed E-state index contributed by atoms with van der Waals surface area (Å²) >= 11 is 0. The quantitative estimate of drug-likeness (QED) is 0.451. The Hall–Kier alpha value is -1.36. The molecular weight excluding hydrogens is 306 g/mol. The minimum absolute atomic E-state index is 0. The van der Waals surface area contributed by atoms with E-state index in [0.29, 0.717) is 0 Å². The number of aliphatic imine (C=N–C) groups is 1. The number of hydrogen-bond acceptors (Lipinski definition) is 1. The van der Waals surface area contributed by atoms with Crippen LogP contribution in [0, 0.1) is 25.4 Å². The van der Waals surface area contributed by atoms with Gasteiger partial charge in [0.15, 0.2) is 0 Å². The molecule has 0 aromatic heterocycles. The Balaban J connectivity index is -0.000000183. The Morgan fingerprint density at radius 1 is 0.952 bits per heavy atom. The summed E-state index contributed by atoms with van der Waals surface area (Å²) in [5.74, 6) is 0. The molecule has 0 aliphatic heterocycles. The topological polar surface area (TPSA) is 72.1 Å². The van der Waals surface area contributed by atoms with Crippen LogP contribution < -0.4 is 0 Å². The van der Waals surface area contributed by atoms with Crippen LogP contribution >= 0.6 is 0 Å². The van der Waals surface area contributed by atoms with Crippen molar-refractivity contribution in [2.45, 2.75) is 33.7 Å². The molecule has 0 heterocycles. The van der Waals surface area contributed by atoms with Crippen molar-refractivity contribution >= 4 is 6.21 Å². The van der Waals surface area contributed by atoms with Crippen LogP contribution in [0.3, 0.4) is 0 Å². The molecule has 0 N–H and O–H groups in total.